The van der Waals surface area contributed by atoms with E-state index < -0.39 is 17.6 Å². The number of tetrazole rings is 1. The Kier molecular flexibility index (Phi) is 5.57. The van der Waals surface area contributed by atoms with Crippen molar-refractivity contribution in [3.05, 3.63) is 42.2 Å². The van der Waals surface area contributed by atoms with Crippen LogP contribution < -0.4 is 5.32 Å². The lowest BCUT2D eigenvalue weighted by atomic mass is 9.86. The Morgan fingerprint density at radius 3 is 2.62 bits per heavy atom. The fraction of sp³-hybridized carbons (Fsp3) is 0.471. The SMILES string of the molecule is O=C(O)C[C@H](NC(=O)CC1(n2cnnn2)CCOCC1)c1ccccc1. The molecule has 0 unspecified atom stereocenters. The van der Waals surface area contributed by atoms with Crippen LogP contribution in [0.1, 0.15) is 37.3 Å². The van der Waals surface area contributed by atoms with E-state index in [1.165, 1.54) is 6.33 Å². The fourth-order valence-electron chi connectivity index (χ4n) is 3.27. The van der Waals surface area contributed by atoms with E-state index in [2.05, 4.69) is 20.8 Å². The molecule has 0 saturated carbocycles. The van der Waals surface area contributed by atoms with Crippen LogP contribution in [-0.4, -0.2) is 50.4 Å². The zero-order chi connectivity index (χ0) is 18.4. The van der Waals surface area contributed by atoms with E-state index in [1.54, 1.807) is 16.8 Å². The molecule has 1 fully saturated rings. The molecule has 0 radical (unpaired) electrons. The molecule has 2 N–H and O–H groups in total. The van der Waals surface area contributed by atoms with Gasteiger partial charge in [0, 0.05) is 13.2 Å². The van der Waals surface area contributed by atoms with Crippen LogP contribution in [-0.2, 0) is 19.9 Å². The van der Waals surface area contributed by atoms with Crippen LogP contribution in [0.15, 0.2) is 36.7 Å². The van der Waals surface area contributed by atoms with Gasteiger partial charge in [-0.2, -0.15) is 0 Å². The quantitative estimate of drug-likeness (QED) is 0.754. The minimum absolute atomic E-state index is 0.157. The molecule has 1 aromatic heterocycles. The van der Waals surface area contributed by atoms with Crippen LogP contribution in [0.25, 0.3) is 0 Å². The first-order chi connectivity index (χ1) is 12.6. The maximum absolute atomic E-state index is 12.8. The zero-order valence-electron chi connectivity index (χ0n) is 14.2. The Hall–Kier alpha value is -2.81. The van der Waals surface area contributed by atoms with Crippen LogP contribution in [0.3, 0.4) is 0 Å². The van der Waals surface area contributed by atoms with Crippen molar-refractivity contribution in [2.24, 2.45) is 0 Å². The fourth-order valence-corrected chi connectivity index (χ4v) is 3.27. The number of nitrogens with zero attached hydrogens (tertiary/aromatic N) is 4. The van der Waals surface area contributed by atoms with E-state index in [1.807, 2.05) is 18.2 Å². The van der Waals surface area contributed by atoms with Gasteiger partial charge in [-0.3, -0.25) is 9.59 Å². The third kappa shape index (κ3) is 4.23. The average Bonchev–Trinajstić information content (AvgIpc) is 3.18. The number of nitrogens with one attached hydrogen (secondary N) is 1. The van der Waals surface area contributed by atoms with Gasteiger partial charge in [0.2, 0.25) is 5.91 Å². The number of carboxylic acids is 1. The molecule has 1 aliphatic heterocycles. The van der Waals surface area contributed by atoms with Crippen molar-refractivity contribution in [1.82, 2.24) is 25.5 Å². The van der Waals surface area contributed by atoms with Crippen LogP contribution in [0.2, 0.25) is 0 Å². The normalized spacial score (nSPS) is 17.4. The predicted octanol–water partition coefficient (Wildman–Crippen LogP) is 0.901. The smallest absolute Gasteiger partial charge is 0.305 e. The molecule has 3 rings (SSSR count). The summed E-state index contributed by atoms with van der Waals surface area (Å²) in [6.07, 6.45) is 2.70. The minimum Gasteiger partial charge on any atom is -0.481 e. The first-order valence-electron chi connectivity index (χ1n) is 8.46. The molecule has 138 valence electrons. The molecule has 2 aromatic rings. The lowest BCUT2D eigenvalue weighted by Crippen LogP contribution is -2.45. The highest BCUT2D eigenvalue weighted by Gasteiger charge is 2.38. The van der Waals surface area contributed by atoms with Crippen LogP contribution >= 0.6 is 0 Å². The van der Waals surface area contributed by atoms with Gasteiger partial charge in [-0.05, 0) is 28.8 Å². The molecule has 1 aliphatic rings. The Labute approximate surface area is 150 Å². The van der Waals surface area contributed by atoms with E-state index in [-0.39, 0.29) is 18.7 Å². The van der Waals surface area contributed by atoms with Gasteiger partial charge >= 0.3 is 5.97 Å². The summed E-state index contributed by atoms with van der Waals surface area (Å²) in [5.41, 5.74) is 0.197. The van der Waals surface area contributed by atoms with Crippen molar-refractivity contribution in [1.29, 1.82) is 0 Å². The highest BCUT2D eigenvalue weighted by atomic mass is 16.5. The molecule has 1 amide bonds. The largest absolute Gasteiger partial charge is 0.481 e. The highest BCUT2D eigenvalue weighted by molar-refractivity contribution is 5.78. The lowest BCUT2D eigenvalue weighted by Gasteiger charge is -2.36. The van der Waals surface area contributed by atoms with Gasteiger partial charge in [-0.25, -0.2) is 4.68 Å². The Morgan fingerprint density at radius 1 is 1.27 bits per heavy atom. The summed E-state index contributed by atoms with van der Waals surface area (Å²) in [5, 5.41) is 23.4. The van der Waals surface area contributed by atoms with E-state index >= 15 is 0 Å². The summed E-state index contributed by atoms with van der Waals surface area (Å²) >= 11 is 0. The molecule has 26 heavy (non-hydrogen) atoms. The van der Waals surface area contributed by atoms with Crippen molar-refractivity contribution in [2.45, 2.75) is 37.3 Å². The summed E-state index contributed by atoms with van der Waals surface area (Å²) in [6, 6.07) is 8.50. The van der Waals surface area contributed by atoms with Crippen molar-refractivity contribution in [3.8, 4) is 0 Å². The second-order valence-electron chi connectivity index (χ2n) is 6.40. The van der Waals surface area contributed by atoms with Crippen LogP contribution in [0, 0.1) is 0 Å². The molecule has 0 bridgehead atoms. The molecule has 1 saturated heterocycles. The number of aromatic nitrogens is 4. The van der Waals surface area contributed by atoms with Gasteiger partial charge in [-0.15, -0.1) is 5.10 Å². The molecule has 2 heterocycles. The average molecular weight is 359 g/mol. The highest BCUT2D eigenvalue weighted by Crippen LogP contribution is 2.32. The first kappa shape index (κ1) is 18.0. The molecule has 1 aromatic carbocycles. The maximum atomic E-state index is 12.8. The summed E-state index contributed by atoms with van der Waals surface area (Å²) in [4.78, 5) is 24.0. The second-order valence-corrected chi connectivity index (χ2v) is 6.40. The second kappa shape index (κ2) is 8.05. The molecule has 0 spiro atoms. The van der Waals surface area contributed by atoms with E-state index in [0.29, 0.717) is 26.1 Å². The summed E-state index contributed by atoms with van der Waals surface area (Å²) in [5.74, 6) is -1.21. The van der Waals surface area contributed by atoms with Crippen LogP contribution in [0.5, 0.6) is 0 Å². The number of aliphatic carboxylic acids is 1. The molecule has 0 aliphatic carbocycles. The number of benzene rings is 1. The third-order valence-corrected chi connectivity index (χ3v) is 4.66. The number of amides is 1. The summed E-state index contributed by atoms with van der Waals surface area (Å²) in [7, 11) is 0. The molecule has 9 nitrogen and oxygen atoms in total. The number of carbonyl (C=O) groups is 2. The third-order valence-electron chi connectivity index (χ3n) is 4.66. The van der Waals surface area contributed by atoms with E-state index in [9.17, 15) is 14.7 Å². The van der Waals surface area contributed by atoms with Gasteiger partial charge in [-0.1, -0.05) is 30.3 Å². The number of hydrogen-bond donors (Lipinski definition) is 2. The number of carbonyl (C=O) groups excluding carboxylic acids is 1. The Morgan fingerprint density at radius 2 is 2.00 bits per heavy atom. The Bertz CT molecular complexity index is 729. The predicted molar refractivity (Wildman–Crippen MR) is 90.0 cm³/mol. The molecular formula is C17H21N5O4. The topological polar surface area (TPSA) is 119 Å². The van der Waals surface area contributed by atoms with Crippen molar-refractivity contribution >= 4 is 11.9 Å². The van der Waals surface area contributed by atoms with Gasteiger partial charge in [0.1, 0.15) is 6.33 Å². The van der Waals surface area contributed by atoms with Crippen molar-refractivity contribution in [2.75, 3.05) is 13.2 Å². The van der Waals surface area contributed by atoms with Gasteiger partial charge in [0.25, 0.3) is 0 Å². The number of ether oxygens (including phenoxy) is 1. The maximum Gasteiger partial charge on any atom is 0.305 e. The number of carboxylic acid groups (broad SMARTS) is 1. The number of hydrogen-bond acceptors (Lipinski definition) is 6. The zero-order valence-corrected chi connectivity index (χ0v) is 14.2. The molecule has 9 heteroatoms. The molecule has 1 atom stereocenters. The van der Waals surface area contributed by atoms with Crippen molar-refractivity contribution in [3.63, 3.8) is 0 Å². The van der Waals surface area contributed by atoms with Crippen LogP contribution in [0.4, 0.5) is 0 Å². The van der Waals surface area contributed by atoms with Crippen molar-refractivity contribution < 1.29 is 19.4 Å². The lowest BCUT2D eigenvalue weighted by molar-refractivity contribution is -0.137. The van der Waals surface area contributed by atoms with Gasteiger partial charge in [0.15, 0.2) is 0 Å². The Balaban J connectivity index is 1.75. The number of rotatable bonds is 7. The van der Waals surface area contributed by atoms with Gasteiger partial charge < -0.3 is 15.2 Å². The molecular weight excluding hydrogens is 338 g/mol. The minimum atomic E-state index is -0.972. The standard InChI is InChI=1S/C17H21N5O4/c23-15(19-14(10-16(24)25)13-4-2-1-3-5-13)11-17(6-8-26-9-7-17)22-12-18-20-21-22/h1-5,12,14H,6-11H2,(H,19,23)(H,24,25)/t14-/m0/s1. The first-order valence-corrected chi connectivity index (χ1v) is 8.46. The monoisotopic (exact) mass is 359 g/mol. The van der Waals surface area contributed by atoms with E-state index in [4.69, 9.17) is 4.74 Å². The summed E-state index contributed by atoms with van der Waals surface area (Å²) < 4.78 is 7.03. The summed E-state index contributed by atoms with van der Waals surface area (Å²) in [6.45, 7) is 1.04. The van der Waals surface area contributed by atoms with Gasteiger partial charge in [0.05, 0.1) is 24.4 Å². The van der Waals surface area contributed by atoms with E-state index in [0.717, 1.165) is 5.56 Å².